The zero-order chi connectivity index (χ0) is 27.9. The van der Waals surface area contributed by atoms with Gasteiger partial charge >= 0.3 is 18.6 Å². The van der Waals surface area contributed by atoms with Crippen LogP contribution in [0.3, 0.4) is 0 Å². The normalized spacial score (nSPS) is 14.9. The number of alkyl halides is 6. The van der Waals surface area contributed by atoms with Crippen LogP contribution < -0.4 is 10.2 Å². The minimum absolute atomic E-state index is 0.0499. The average molecular weight is 545 g/mol. The number of piperidine rings is 1. The van der Waals surface area contributed by atoms with Crippen molar-refractivity contribution in [1.82, 2.24) is 20.5 Å². The van der Waals surface area contributed by atoms with Crippen molar-refractivity contribution in [3.8, 4) is 11.5 Å². The number of carbonyl (C=O) groups excluding carboxylic acids is 1. The van der Waals surface area contributed by atoms with Crippen LogP contribution in [0, 0.1) is 0 Å². The van der Waals surface area contributed by atoms with E-state index in [0.29, 0.717) is 30.0 Å². The lowest BCUT2D eigenvalue weighted by molar-refractivity contribution is -0.192. The highest BCUT2D eigenvalue weighted by molar-refractivity contribution is 5.99. The lowest BCUT2D eigenvalue weighted by atomic mass is 9.92. The van der Waals surface area contributed by atoms with Gasteiger partial charge in [0, 0.05) is 24.7 Å². The van der Waals surface area contributed by atoms with Crippen LogP contribution in [0.2, 0.25) is 0 Å². The van der Waals surface area contributed by atoms with Gasteiger partial charge < -0.3 is 19.7 Å². The molecule has 0 radical (unpaired) electrons. The van der Waals surface area contributed by atoms with Crippen LogP contribution in [0.1, 0.15) is 30.9 Å². The molecule has 4 rings (SSSR count). The van der Waals surface area contributed by atoms with Gasteiger partial charge in [-0.25, -0.2) is 9.18 Å². The molecule has 1 aliphatic rings. The Morgan fingerprint density at radius 1 is 1.08 bits per heavy atom. The summed E-state index contributed by atoms with van der Waals surface area (Å²) in [6.07, 6.45) is -6.35. The van der Waals surface area contributed by atoms with Gasteiger partial charge in [0.25, 0.3) is 11.8 Å². The summed E-state index contributed by atoms with van der Waals surface area (Å²) in [7, 11) is 0. The van der Waals surface area contributed by atoms with Crippen molar-refractivity contribution < 1.29 is 45.5 Å². The summed E-state index contributed by atoms with van der Waals surface area (Å²) in [5.74, 6) is -4.21. The smallest absolute Gasteiger partial charge is 0.475 e. The summed E-state index contributed by atoms with van der Waals surface area (Å²) in [4.78, 5) is 27.7. The van der Waals surface area contributed by atoms with E-state index >= 15 is 4.39 Å². The number of rotatable bonds is 6. The molecule has 0 atom stereocenters. The van der Waals surface area contributed by atoms with Crippen molar-refractivity contribution >= 4 is 17.6 Å². The average Bonchev–Trinajstić information content (AvgIpc) is 3.39. The number of anilines is 1. The lowest BCUT2D eigenvalue weighted by Gasteiger charge is -2.34. The molecule has 2 aromatic heterocycles. The number of aliphatic carboxylic acids is 1. The number of nitrogens with zero attached hydrogens (tertiary/aromatic N) is 4. The summed E-state index contributed by atoms with van der Waals surface area (Å²) in [5.41, 5.74) is -0.531. The molecule has 204 valence electrons. The van der Waals surface area contributed by atoms with E-state index in [-0.39, 0.29) is 25.3 Å². The summed E-state index contributed by atoms with van der Waals surface area (Å²) < 4.78 is 77.4. The molecule has 1 aliphatic heterocycles. The molecule has 1 fully saturated rings. The molecule has 0 spiro atoms. The third-order valence-electron chi connectivity index (χ3n) is 5.35. The summed E-state index contributed by atoms with van der Waals surface area (Å²) >= 11 is 0. The first kappa shape index (κ1) is 28.6. The number of carboxylic acids is 1. The molecule has 1 saturated heterocycles. The molecule has 2 N–H and O–H groups in total. The number of nitrogens with one attached hydrogen (secondary N) is 1. The van der Waals surface area contributed by atoms with Crippen molar-refractivity contribution in [1.29, 1.82) is 0 Å². The Morgan fingerprint density at radius 2 is 1.71 bits per heavy atom. The van der Waals surface area contributed by atoms with E-state index in [1.165, 1.54) is 11.1 Å². The quantitative estimate of drug-likeness (QED) is 0.439. The molecule has 15 heteroatoms. The Balaban J connectivity index is 0.000000505. The number of para-hydroxylation sites is 1. The maximum Gasteiger partial charge on any atom is 0.490 e. The van der Waals surface area contributed by atoms with E-state index in [1.807, 2.05) is 6.07 Å². The van der Waals surface area contributed by atoms with Gasteiger partial charge in [-0.2, -0.15) is 22.0 Å². The van der Waals surface area contributed by atoms with E-state index in [1.54, 1.807) is 36.4 Å². The molecular weight excluding hydrogens is 524 g/mol. The number of hydrogen-bond donors (Lipinski definition) is 2. The molecule has 0 bridgehead atoms. The highest BCUT2D eigenvalue weighted by Crippen LogP contribution is 2.30. The number of benzene rings is 1. The minimum atomic E-state index is -5.08. The van der Waals surface area contributed by atoms with Crippen LogP contribution in [0.5, 0.6) is 0 Å². The monoisotopic (exact) mass is 545 g/mol. The van der Waals surface area contributed by atoms with Gasteiger partial charge in [-0.1, -0.05) is 18.2 Å². The predicted molar refractivity (Wildman–Crippen MR) is 120 cm³/mol. The second-order valence-electron chi connectivity index (χ2n) is 8.03. The lowest BCUT2D eigenvalue weighted by Crippen LogP contribution is -2.51. The standard InChI is InChI=1S/C21H20F3N5O2.C2HF3O2/c22-17(23)19-28-27-18(31-19)14-6-7-15(26-12-14)13-29(16-4-2-1-3-5-16)20(30)21(24)8-10-25-11-9-21;3-2(4,5)1(6)7/h1-7,12,17,25H,8-11,13H2;(H,6,7). The zero-order valence-corrected chi connectivity index (χ0v) is 19.5. The Kier molecular flexibility index (Phi) is 9.04. The van der Waals surface area contributed by atoms with E-state index < -0.39 is 36.0 Å². The van der Waals surface area contributed by atoms with Gasteiger partial charge in [0.2, 0.25) is 5.89 Å². The highest BCUT2D eigenvalue weighted by atomic mass is 19.4. The fraction of sp³-hybridized carbons (Fsp3) is 0.348. The maximum absolute atomic E-state index is 15.4. The first-order valence-corrected chi connectivity index (χ1v) is 11.0. The van der Waals surface area contributed by atoms with Gasteiger partial charge in [-0.15, -0.1) is 10.2 Å². The molecule has 0 unspecified atom stereocenters. The molecule has 9 nitrogen and oxygen atoms in total. The third-order valence-corrected chi connectivity index (χ3v) is 5.35. The molecule has 1 aromatic carbocycles. The second kappa shape index (κ2) is 12.0. The van der Waals surface area contributed by atoms with Crippen LogP contribution in [0.4, 0.5) is 32.0 Å². The van der Waals surface area contributed by atoms with Crippen molar-refractivity contribution in [2.24, 2.45) is 0 Å². The molecule has 0 aliphatic carbocycles. The Labute approximate surface area is 211 Å². The van der Waals surface area contributed by atoms with E-state index in [2.05, 4.69) is 20.5 Å². The number of carbonyl (C=O) groups is 2. The van der Waals surface area contributed by atoms with Gasteiger partial charge in [-0.3, -0.25) is 9.78 Å². The van der Waals surface area contributed by atoms with Crippen LogP contribution in [-0.2, 0) is 16.1 Å². The van der Waals surface area contributed by atoms with Gasteiger partial charge in [0.1, 0.15) is 0 Å². The van der Waals surface area contributed by atoms with Crippen molar-refractivity contribution in [3.63, 3.8) is 0 Å². The minimum Gasteiger partial charge on any atom is -0.475 e. The fourth-order valence-electron chi connectivity index (χ4n) is 3.41. The van der Waals surface area contributed by atoms with Crippen LogP contribution >= 0.6 is 0 Å². The van der Waals surface area contributed by atoms with E-state index in [0.717, 1.165) is 0 Å². The fourth-order valence-corrected chi connectivity index (χ4v) is 3.41. The van der Waals surface area contributed by atoms with Crippen LogP contribution in [0.25, 0.3) is 11.5 Å². The highest BCUT2D eigenvalue weighted by Gasteiger charge is 2.43. The molecule has 38 heavy (non-hydrogen) atoms. The topological polar surface area (TPSA) is 121 Å². The predicted octanol–water partition coefficient (Wildman–Crippen LogP) is 4.33. The largest absolute Gasteiger partial charge is 0.490 e. The first-order chi connectivity index (χ1) is 17.9. The van der Waals surface area contributed by atoms with Crippen molar-refractivity contribution in [2.75, 3.05) is 18.0 Å². The number of amides is 1. The summed E-state index contributed by atoms with van der Waals surface area (Å²) in [6.45, 7) is 0.916. The number of aromatic nitrogens is 3. The summed E-state index contributed by atoms with van der Waals surface area (Å²) in [6, 6.07) is 12.0. The van der Waals surface area contributed by atoms with Crippen LogP contribution in [0.15, 0.2) is 53.1 Å². The summed E-state index contributed by atoms with van der Waals surface area (Å²) in [5, 5.41) is 17.1. The van der Waals surface area contributed by atoms with Crippen molar-refractivity contribution in [3.05, 3.63) is 60.2 Å². The molecular formula is C23H21F6N5O4. The van der Waals surface area contributed by atoms with Crippen LogP contribution in [-0.4, -0.2) is 57.1 Å². The van der Waals surface area contributed by atoms with Gasteiger partial charge in [0.05, 0.1) is 17.8 Å². The number of carboxylic acid groups (broad SMARTS) is 1. The molecule has 3 heterocycles. The number of halogens is 6. The van der Waals surface area contributed by atoms with Crippen molar-refractivity contribution in [2.45, 2.75) is 37.7 Å². The molecule has 0 saturated carbocycles. The molecule has 3 aromatic rings. The maximum atomic E-state index is 15.4. The van der Waals surface area contributed by atoms with Gasteiger partial charge in [-0.05, 0) is 37.4 Å². The third kappa shape index (κ3) is 7.27. The van der Waals surface area contributed by atoms with E-state index in [9.17, 15) is 26.7 Å². The van der Waals surface area contributed by atoms with E-state index in [4.69, 9.17) is 14.3 Å². The molecule has 1 amide bonds. The Morgan fingerprint density at radius 3 is 2.21 bits per heavy atom. The SMILES string of the molecule is O=C(N(Cc1ccc(-c2nnc(C(F)F)o2)cn1)c1ccccc1)C1(F)CCNCC1.O=C(O)C(F)(F)F. The first-order valence-electron chi connectivity index (χ1n) is 11.0. The Hall–Kier alpha value is -4.01. The zero-order valence-electron chi connectivity index (χ0n) is 19.5. The number of hydrogen-bond acceptors (Lipinski definition) is 7. The Bertz CT molecular complexity index is 1220. The van der Waals surface area contributed by atoms with Gasteiger partial charge in [0.15, 0.2) is 5.67 Å². The second-order valence-corrected chi connectivity index (χ2v) is 8.03. The number of pyridine rings is 1.